The highest BCUT2D eigenvalue weighted by atomic mass is 19.4. The van der Waals surface area contributed by atoms with Crippen molar-refractivity contribution in [1.82, 2.24) is 24.7 Å². The number of hydrogen-bond acceptors (Lipinski definition) is 8. The van der Waals surface area contributed by atoms with Crippen LogP contribution < -0.4 is 9.80 Å². The van der Waals surface area contributed by atoms with Gasteiger partial charge in [0.15, 0.2) is 11.5 Å². The van der Waals surface area contributed by atoms with E-state index in [-0.39, 0.29) is 12.4 Å². The maximum absolute atomic E-state index is 13.6. The minimum absolute atomic E-state index is 0.145. The zero-order valence-electron chi connectivity index (χ0n) is 18.6. The number of fused-ring (bicyclic) bond motifs is 1. The van der Waals surface area contributed by atoms with Gasteiger partial charge in [-0.25, -0.2) is 4.98 Å². The molecule has 0 amide bonds. The van der Waals surface area contributed by atoms with Gasteiger partial charge < -0.3 is 18.8 Å². The summed E-state index contributed by atoms with van der Waals surface area (Å²) < 4.78 is 48.2. The summed E-state index contributed by atoms with van der Waals surface area (Å²) >= 11 is 0. The Hall–Kier alpha value is -3.44. The second-order valence-electron chi connectivity index (χ2n) is 8.85. The molecule has 180 valence electrons. The van der Waals surface area contributed by atoms with E-state index in [1.165, 1.54) is 6.20 Å². The Morgan fingerprint density at radius 2 is 2.06 bits per heavy atom. The molecule has 2 aliphatic rings. The third-order valence-corrected chi connectivity index (χ3v) is 6.20. The predicted molar refractivity (Wildman–Crippen MR) is 115 cm³/mol. The molecule has 1 saturated heterocycles. The fourth-order valence-electron chi connectivity index (χ4n) is 4.42. The fraction of sp³-hybridized carbons (Fsp3) is 0.500. The van der Waals surface area contributed by atoms with Gasteiger partial charge in [0.1, 0.15) is 12.1 Å². The summed E-state index contributed by atoms with van der Waals surface area (Å²) in [6, 6.07) is 3.30. The summed E-state index contributed by atoms with van der Waals surface area (Å²) in [6.45, 7) is 5.13. The SMILES string of the molecule is CC1CCCN(c2nc(C(F)(F)F)c(C(=O)Cc3ccc(N4CCn5cnnc5C4)nc3)o2)C1. The fourth-order valence-corrected chi connectivity index (χ4v) is 4.42. The second-order valence-corrected chi connectivity index (χ2v) is 8.85. The van der Waals surface area contributed by atoms with Gasteiger partial charge >= 0.3 is 6.18 Å². The van der Waals surface area contributed by atoms with Crippen LogP contribution in [-0.2, 0) is 25.7 Å². The standard InChI is InChI=1S/C22H24F3N7O2/c1-14-3-2-6-31(11-14)21-28-20(22(23,24)25)19(34-21)16(33)9-15-4-5-17(26-10-15)30-7-8-32-13-27-29-18(32)12-30/h4-5,10,13-14H,2-3,6-9,11-12H2,1H3. The van der Waals surface area contributed by atoms with Crippen LogP contribution in [0.25, 0.3) is 0 Å². The van der Waals surface area contributed by atoms with Crippen LogP contribution in [0.15, 0.2) is 29.1 Å². The van der Waals surface area contributed by atoms with Crippen LogP contribution >= 0.6 is 0 Å². The number of carbonyl (C=O) groups excluding carboxylic acids is 1. The predicted octanol–water partition coefficient (Wildman–Crippen LogP) is 3.36. The molecule has 5 heterocycles. The van der Waals surface area contributed by atoms with E-state index in [9.17, 15) is 18.0 Å². The Labute approximate surface area is 193 Å². The summed E-state index contributed by atoms with van der Waals surface area (Å²) in [5, 5.41) is 7.98. The van der Waals surface area contributed by atoms with Crippen molar-refractivity contribution in [2.45, 2.75) is 45.5 Å². The minimum Gasteiger partial charge on any atom is -0.420 e. The van der Waals surface area contributed by atoms with Gasteiger partial charge in [-0.1, -0.05) is 13.0 Å². The molecule has 9 nitrogen and oxygen atoms in total. The monoisotopic (exact) mass is 475 g/mol. The van der Waals surface area contributed by atoms with Crippen LogP contribution in [0.4, 0.5) is 25.0 Å². The van der Waals surface area contributed by atoms with Gasteiger partial charge in [0.25, 0.3) is 6.01 Å². The molecular weight excluding hydrogens is 451 g/mol. The van der Waals surface area contributed by atoms with Crippen molar-refractivity contribution in [3.8, 4) is 0 Å². The van der Waals surface area contributed by atoms with Gasteiger partial charge in [-0.15, -0.1) is 10.2 Å². The number of Topliss-reactive ketones (excluding diaryl/α,β-unsaturated/α-hetero) is 1. The number of alkyl halides is 3. The van der Waals surface area contributed by atoms with Crippen molar-refractivity contribution in [1.29, 1.82) is 0 Å². The Morgan fingerprint density at radius 1 is 1.21 bits per heavy atom. The first-order chi connectivity index (χ1) is 16.3. The first-order valence-electron chi connectivity index (χ1n) is 11.2. The van der Waals surface area contributed by atoms with Gasteiger partial charge in [-0.2, -0.15) is 18.2 Å². The van der Waals surface area contributed by atoms with Gasteiger partial charge in [0.2, 0.25) is 11.5 Å². The van der Waals surface area contributed by atoms with Crippen LogP contribution in [-0.4, -0.2) is 50.1 Å². The van der Waals surface area contributed by atoms with Crippen molar-refractivity contribution in [2.24, 2.45) is 5.92 Å². The molecule has 2 aliphatic heterocycles. The number of carbonyl (C=O) groups is 1. The minimum atomic E-state index is -4.79. The molecule has 1 atom stereocenters. The van der Waals surface area contributed by atoms with E-state index in [0.29, 0.717) is 36.9 Å². The molecule has 0 saturated carbocycles. The number of halogens is 3. The first-order valence-corrected chi connectivity index (χ1v) is 11.2. The molecule has 0 aliphatic carbocycles. The number of anilines is 2. The smallest absolute Gasteiger partial charge is 0.420 e. The van der Waals surface area contributed by atoms with Crippen molar-refractivity contribution >= 4 is 17.6 Å². The Kier molecular flexibility index (Phi) is 5.74. The highest BCUT2D eigenvalue weighted by Crippen LogP contribution is 2.35. The maximum Gasteiger partial charge on any atom is 0.437 e. The van der Waals surface area contributed by atoms with Crippen LogP contribution in [0.5, 0.6) is 0 Å². The lowest BCUT2D eigenvalue weighted by atomic mass is 10.0. The molecule has 0 bridgehead atoms. The van der Waals surface area contributed by atoms with Gasteiger partial charge in [-0.05, 0) is 30.4 Å². The van der Waals surface area contributed by atoms with Crippen molar-refractivity contribution in [2.75, 3.05) is 29.4 Å². The van der Waals surface area contributed by atoms with E-state index in [2.05, 4.69) is 20.2 Å². The number of hydrogen-bond donors (Lipinski definition) is 0. The average molecular weight is 475 g/mol. The zero-order chi connectivity index (χ0) is 23.9. The lowest BCUT2D eigenvalue weighted by Gasteiger charge is -2.29. The molecule has 3 aromatic heterocycles. The first kappa shape index (κ1) is 22.4. The van der Waals surface area contributed by atoms with Crippen molar-refractivity contribution < 1.29 is 22.4 Å². The maximum atomic E-state index is 13.6. The van der Waals surface area contributed by atoms with Gasteiger partial charge in [0, 0.05) is 38.8 Å². The Bertz CT molecular complexity index is 1170. The molecule has 0 spiro atoms. The van der Waals surface area contributed by atoms with E-state index in [1.807, 2.05) is 16.4 Å². The Balaban J connectivity index is 1.32. The number of nitrogens with zero attached hydrogens (tertiary/aromatic N) is 7. The summed E-state index contributed by atoms with van der Waals surface area (Å²) in [7, 11) is 0. The van der Waals surface area contributed by atoms with E-state index >= 15 is 0 Å². The lowest BCUT2D eigenvalue weighted by Crippen LogP contribution is -2.34. The normalized spacial score (nSPS) is 18.8. The molecule has 1 fully saturated rings. The third-order valence-electron chi connectivity index (χ3n) is 6.20. The van der Waals surface area contributed by atoms with Crippen LogP contribution in [0.3, 0.4) is 0 Å². The van der Waals surface area contributed by atoms with Gasteiger partial charge in [-0.3, -0.25) is 4.79 Å². The summed E-state index contributed by atoms with van der Waals surface area (Å²) in [5.74, 6) is 0.311. The highest BCUT2D eigenvalue weighted by Gasteiger charge is 2.42. The topological polar surface area (TPSA) is 93.2 Å². The molecule has 3 aromatic rings. The molecule has 1 unspecified atom stereocenters. The average Bonchev–Trinajstić information content (AvgIpc) is 3.46. The Morgan fingerprint density at radius 3 is 2.79 bits per heavy atom. The molecule has 0 N–H and O–H groups in total. The van der Waals surface area contributed by atoms with Crippen molar-refractivity contribution in [3.05, 3.63) is 47.5 Å². The summed E-state index contributed by atoms with van der Waals surface area (Å²) in [5.41, 5.74) is -0.778. The number of ketones is 1. The molecule has 0 radical (unpaired) electrons. The molecule has 0 aromatic carbocycles. The zero-order valence-corrected chi connectivity index (χ0v) is 18.6. The number of pyridine rings is 1. The number of rotatable bonds is 5. The molecule has 12 heteroatoms. The molecular formula is C22H24F3N7O2. The quantitative estimate of drug-likeness (QED) is 0.519. The van der Waals surface area contributed by atoms with Crippen LogP contribution in [0.1, 0.15) is 47.4 Å². The number of aromatic nitrogens is 5. The van der Waals surface area contributed by atoms with E-state index < -0.39 is 23.4 Å². The number of piperidine rings is 1. The van der Waals surface area contributed by atoms with Crippen LogP contribution in [0.2, 0.25) is 0 Å². The highest BCUT2D eigenvalue weighted by molar-refractivity contribution is 5.96. The van der Waals surface area contributed by atoms with E-state index in [1.54, 1.807) is 23.4 Å². The van der Waals surface area contributed by atoms with Crippen molar-refractivity contribution in [3.63, 3.8) is 0 Å². The molecule has 5 rings (SSSR count). The second kappa shape index (κ2) is 8.73. The lowest BCUT2D eigenvalue weighted by molar-refractivity contribution is -0.141. The number of oxazole rings is 1. The summed E-state index contributed by atoms with van der Waals surface area (Å²) in [4.78, 5) is 24.6. The van der Waals surface area contributed by atoms with E-state index in [4.69, 9.17) is 4.42 Å². The summed E-state index contributed by atoms with van der Waals surface area (Å²) in [6.07, 6.45) is -0.0354. The van der Waals surface area contributed by atoms with Crippen LogP contribution in [0, 0.1) is 5.92 Å². The van der Waals surface area contributed by atoms with E-state index in [0.717, 1.165) is 31.8 Å². The molecule has 34 heavy (non-hydrogen) atoms. The van der Waals surface area contributed by atoms with Gasteiger partial charge in [0.05, 0.1) is 6.54 Å². The largest absolute Gasteiger partial charge is 0.437 e. The third kappa shape index (κ3) is 4.48.